The number of hydroxylamine groups is 2. The number of nitrogens with zero attached hydrogens (tertiary/aromatic N) is 1. The van der Waals surface area contributed by atoms with Crippen molar-refractivity contribution < 1.29 is 30.2 Å². The average Bonchev–Trinajstić information content (AvgIpc) is 1.84. The van der Waals surface area contributed by atoms with E-state index in [1.165, 1.54) is 0 Å². The van der Waals surface area contributed by atoms with Gasteiger partial charge in [-0.15, -0.1) is 0 Å². The van der Waals surface area contributed by atoms with Crippen molar-refractivity contribution in [1.82, 2.24) is 5.23 Å². The highest BCUT2D eigenvalue weighted by Gasteiger charge is 2.23. The number of rotatable bonds is 5. The first kappa shape index (κ1) is 10.8. The van der Waals surface area contributed by atoms with E-state index in [0.717, 1.165) is 0 Å². The molecule has 0 aromatic carbocycles. The van der Waals surface area contributed by atoms with Crippen molar-refractivity contribution in [3.8, 4) is 0 Å². The summed E-state index contributed by atoms with van der Waals surface area (Å²) >= 11 is 0. The maximum atomic E-state index is 10.2. The first-order valence-electron chi connectivity index (χ1n) is 3.06. The normalized spacial score (nSPS) is 12.9. The summed E-state index contributed by atoms with van der Waals surface area (Å²) in [6.07, 6.45) is -0.799. The zero-order chi connectivity index (χ0) is 9.72. The first-order chi connectivity index (χ1) is 5.45. The molecule has 0 aromatic heterocycles. The molecule has 0 spiro atoms. The van der Waals surface area contributed by atoms with Gasteiger partial charge < -0.3 is 10.2 Å². The Kier molecular flexibility index (Phi) is 4.19. The van der Waals surface area contributed by atoms with Crippen molar-refractivity contribution >= 4 is 11.9 Å². The highest BCUT2D eigenvalue weighted by atomic mass is 16.8. The number of hydrogen-bond acceptors (Lipinski definition) is 5. The fraction of sp³-hybridized carbons (Fsp3) is 0.600. The van der Waals surface area contributed by atoms with E-state index >= 15 is 0 Å². The van der Waals surface area contributed by atoms with Crippen molar-refractivity contribution in [3.05, 3.63) is 0 Å². The van der Waals surface area contributed by atoms with E-state index in [-0.39, 0.29) is 6.42 Å². The largest absolute Gasteiger partial charge is 0.481 e. The lowest BCUT2D eigenvalue weighted by atomic mass is 10.2. The molecule has 0 aliphatic heterocycles. The second-order valence-corrected chi connectivity index (χ2v) is 2.11. The second kappa shape index (κ2) is 4.65. The van der Waals surface area contributed by atoms with Crippen molar-refractivity contribution in [1.29, 1.82) is 0 Å². The maximum Gasteiger partial charge on any atom is 0.325 e. The number of carbonyl (C=O) groups is 2. The van der Waals surface area contributed by atoms with Crippen LogP contribution in [0.25, 0.3) is 0 Å². The zero-order valence-electron chi connectivity index (χ0n) is 6.04. The molecule has 0 fully saturated rings. The van der Waals surface area contributed by atoms with Crippen LogP contribution in [0.1, 0.15) is 12.8 Å². The number of aliphatic carboxylic acids is 2. The van der Waals surface area contributed by atoms with Crippen molar-refractivity contribution in [2.75, 3.05) is 0 Å². The van der Waals surface area contributed by atoms with Crippen molar-refractivity contribution in [2.24, 2.45) is 0 Å². The molecular formula is C5H9NO6. The van der Waals surface area contributed by atoms with Crippen LogP contribution < -0.4 is 0 Å². The van der Waals surface area contributed by atoms with Gasteiger partial charge >= 0.3 is 11.9 Å². The molecule has 0 heterocycles. The van der Waals surface area contributed by atoms with Crippen LogP contribution in [0.5, 0.6) is 0 Å². The maximum absolute atomic E-state index is 10.2. The van der Waals surface area contributed by atoms with Crippen molar-refractivity contribution in [3.63, 3.8) is 0 Å². The Bertz CT molecular complexity index is 179. The molecule has 4 N–H and O–H groups in total. The summed E-state index contributed by atoms with van der Waals surface area (Å²) in [4.78, 5) is 20.2. The van der Waals surface area contributed by atoms with Crippen molar-refractivity contribution in [2.45, 2.75) is 18.9 Å². The Labute approximate surface area is 67.4 Å². The van der Waals surface area contributed by atoms with Gasteiger partial charge in [-0.25, -0.2) is 0 Å². The summed E-state index contributed by atoms with van der Waals surface area (Å²) in [6, 6.07) is -1.60. The molecule has 7 heteroatoms. The van der Waals surface area contributed by atoms with Gasteiger partial charge in [0.2, 0.25) is 0 Å². The standard InChI is InChI=1S/C5H9NO6/c7-4(8)2-1-3(5(9)10)6(11)12/h3,11-12H,1-2H2,(H,7,8)(H,9,10)/t3-/m0/s1. The molecule has 0 radical (unpaired) electrons. The number of carboxylic acid groups (broad SMARTS) is 2. The van der Waals surface area contributed by atoms with Crippen LogP contribution in [0.2, 0.25) is 0 Å². The van der Waals surface area contributed by atoms with Crippen LogP contribution in [0.15, 0.2) is 0 Å². The molecule has 0 rings (SSSR count). The molecule has 0 saturated heterocycles. The molecule has 0 unspecified atom stereocenters. The van der Waals surface area contributed by atoms with Gasteiger partial charge in [0.05, 0.1) is 0 Å². The van der Waals surface area contributed by atoms with Crippen LogP contribution in [-0.2, 0) is 9.59 Å². The minimum atomic E-state index is -1.60. The van der Waals surface area contributed by atoms with Crippen LogP contribution in [0.4, 0.5) is 0 Å². The Morgan fingerprint density at radius 2 is 1.75 bits per heavy atom. The Morgan fingerprint density at radius 3 is 2.00 bits per heavy atom. The predicted octanol–water partition coefficient (Wildman–Crippen LogP) is -0.615. The molecular weight excluding hydrogens is 170 g/mol. The molecule has 12 heavy (non-hydrogen) atoms. The van der Waals surface area contributed by atoms with Crippen LogP contribution in [0, 0.1) is 0 Å². The fourth-order valence-corrected chi connectivity index (χ4v) is 0.598. The fourth-order valence-electron chi connectivity index (χ4n) is 0.598. The van der Waals surface area contributed by atoms with E-state index in [2.05, 4.69) is 0 Å². The second-order valence-electron chi connectivity index (χ2n) is 2.11. The number of hydrogen-bond donors (Lipinski definition) is 4. The average molecular weight is 179 g/mol. The Balaban J connectivity index is 3.97. The predicted molar refractivity (Wildman–Crippen MR) is 33.7 cm³/mol. The Morgan fingerprint density at radius 1 is 1.25 bits per heavy atom. The first-order valence-corrected chi connectivity index (χ1v) is 3.06. The van der Waals surface area contributed by atoms with Gasteiger partial charge in [-0.2, -0.15) is 0 Å². The van der Waals surface area contributed by atoms with E-state index in [9.17, 15) is 9.59 Å². The van der Waals surface area contributed by atoms with Gasteiger partial charge in [-0.05, 0) is 6.42 Å². The molecule has 7 nitrogen and oxygen atoms in total. The third-order valence-corrected chi connectivity index (χ3v) is 1.20. The minimum absolute atomic E-state index is 0.363. The molecule has 0 bridgehead atoms. The summed E-state index contributed by atoms with van der Waals surface area (Å²) < 4.78 is 0. The lowest BCUT2D eigenvalue weighted by Crippen LogP contribution is -2.36. The van der Waals surface area contributed by atoms with E-state index in [1.807, 2.05) is 0 Å². The SMILES string of the molecule is O=C(O)CC[C@@H](C(=O)O)N(O)O. The lowest BCUT2D eigenvalue weighted by molar-refractivity contribution is -0.328. The summed E-state index contributed by atoms with van der Waals surface area (Å²) in [5.41, 5.74) is 0. The van der Waals surface area contributed by atoms with Gasteiger partial charge in [-0.3, -0.25) is 20.0 Å². The monoisotopic (exact) mass is 179 g/mol. The molecule has 1 atom stereocenters. The molecule has 0 aromatic rings. The minimum Gasteiger partial charge on any atom is -0.481 e. The zero-order valence-corrected chi connectivity index (χ0v) is 6.04. The van der Waals surface area contributed by atoms with E-state index < -0.39 is 29.6 Å². The van der Waals surface area contributed by atoms with Gasteiger partial charge in [0, 0.05) is 6.42 Å². The van der Waals surface area contributed by atoms with E-state index in [1.54, 1.807) is 0 Å². The molecule has 0 aliphatic rings. The lowest BCUT2D eigenvalue weighted by Gasteiger charge is -2.14. The summed E-state index contributed by atoms with van der Waals surface area (Å²) in [6.45, 7) is 0. The molecule has 0 saturated carbocycles. The topological polar surface area (TPSA) is 118 Å². The van der Waals surface area contributed by atoms with Gasteiger partial charge in [0.15, 0.2) is 6.04 Å². The van der Waals surface area contributed by atoms with Gasteiger partial charge in [0.1, 0.15) is 0 Å². The highest BCUT2D eigenvalue weighted by molar-refractivity contribution is 5.74. The number of carboxylic acids is 2. The highest BCUT2D eigenvalue weighted by Crippen LogP contribution is 2.02. The molecule has 0 aliphatic carbocycles. The summed E-state index contributed by atoms with van der Waals surface area (Å²) in [5.74, 6) is -2.68. The Hall–Kier alpha value is -1.18. The van der Waals surface area contributed by atoms with Crippen LogP contribution >= 0.6 is 0 Å². The molecule has 0 amide bonds. The third kappa shape index (κ3) is 3.86. The van der Waals surface area contributed by atoms with E-state index in [4.69, 9.17) is 20.6 Å². The van der Waals surface area contributed by atoms with E-state index in [0.29, 0.717) is 0 Å². The summed E-state index contributed by atoms with van der Waals surface area (Å²) in [7, 11) is 0. The smallest absolute Gasteiger partial charge is 0.325 e. The van der Waals surface area contributed by atoms with Gasteiger partial charge in [-0.1, -0.05) is 5.23 Å². The summed E-state index contributed by atoms with van der Waals surface area (Å²) in [5, 5.41) is 32.6. The van der Waals surface area contributed by atoms with Crippen LogP contribution in [-0.4, -0.2) is 43.8 Å². The van der Waals surface area contributed by atoms with Gasteiger partial charge in [0.25, 0.3) is 0 Å². The molecule has 70 valence electrons. The third-order valence-electron chi connectivity index (χ3n) is 1.20. The van der Waals surface area contributed by atoms with Crippen LogP contribution in [0.3, 0.4) is 0 Å². The quantitative estimate of drug-likeness (QED) is 0.415.